The average molecular weight is 323 g/mol. The van der Waals surface area contributed by atoms with E-state index in [-0.39, 0.29) is 29.6 Å². The number of hydrogen-bond acceptors (Lipinski definition) is 10. The van der Waals surface area contributed by atoms with Crippen LogP contribution in [-0.2, 0) is 20.1 Å². The summed E-state index contributed by atoms with van der Waals surface area (Å²) in [7, 11) is 0. The Hall–Kier alpha value is -2.47. The van der Waals surface area contributed by atoms with E-state index in [9.17, 15) is 24.9 Å². The van der Waals surface area contributed by atoms with Gasteiger partial charge in [-0.2, -0.15) is 0 Å². The molecule has 0 spiro atoms. The van der Waals surface area contributed by atoms with Gasteiger partial charge in [0.25, 0.3) is 0 Å². The van der Waals surface area contributed by atoms with Gasteiger partial charge in [0, 0.05) is 0 Å². The molecule has 5 N–H and O–H groups in total. The van der Waals surface area contributed by atoms with E-state index in [1.807, 2.05) is 0 Å². The van der Waals surface area contributed by atoms with Crippen LogP contribution in [0.3, 0.4) is 0 Å². The van der Waals surface area contributed by atoms with Gasteiger partial charge in [0.2, 0.25) is 11.3 Å². The Bertz CT molecular complexity index is 780. The first-order valence-corrected chi connectivity index (χ1v) is 6.51. The SMILES string of the molecule is Nc1ncnc2c1ncn2[C@]1(C=O)O[C@H](CO)[C@@H](O)[C@]1(O)C=O. The third kappa shape index (κ3) is 1.75. The van der Waals surface area contributed by atoms with Gasteiger partial charge < -0.3 is 25.8 Å². The summed E-state index contributed by atoms with van der Waals surface area (Å²) in [6, 6.07) is 0. The molecule has 0 aromatic carbocycles. The minimum atomic E-state index is -2.66. The minimum Gasteiger partial charge on any atom is -0.394 e. The molecular weight excluding hydrogens is 310 g/mol. The zero-order chi connectivity index (χ0) is 16.8. The second-order valence-electron chi connectivity index (χ2n) is 5.09. The smallest absolute Gasteiger partial charge is 0.243 e. The molecule has 4 atom stereocenters. The fraction of sp³-hybridized carbons (Fsp3) is 0.417. The van der Waals surface area contributed by atoms with E-state index in [2.05, 4.69) is 15.0 Å². The highest BCUT2D eigenvalue weighted by molar-refractivity contribution is 5.85. The molecular formula is C12H13N5O6. The molecule has 3 rings (SSSR count). The maximum absolute atomic E-state index is 11.8. The largest absolute Gasteiger partial charge is 0.394 e. The number of aldehydes is 2. The van der Waals surface area contributed by atoms with Crippen molar-refractivity contribution in [2.24, 2.45) is 0 Å². The van der Waals surface area contributed by atoms with Crippen LogP contribution in [0.25, 0.3) is 11.2 Å². The standard InChI is InChI=1S/C12H13N5O6/c13-9-7-10(15-4-14-9)17(5-16-7)12(3-20)11(22,2-19)8(21)6(1-18)23-12/h2-6,8,18,21-22H,1H2,(H2,13,14,15)/t6-,8-,11-,12-/m1/s1. The van der Waals surface area contributed by atoms with Crippen LogP contribution in [-0.4, -0.2) is 71.8 Å². The second kappa shape index (κ2) is 5.03. The zero-order valence-electron chi connectivity index (χ0n) is 11.6. The summed E-state index contributed by atoms with van der Waals surface area (Å²) in [5, 5.41) is 29.9. The molecule has 0 radical (unpaired) electrons. The number of hydrogen-bond donors (Lipinski definition) is 4. The number of aliphatic hydroxyl groups is 3. The fourth-order valence-corrected chi connectivity index (χ4v) is 2.70. The van der Waals surface area contributed by atoms with Crippen molar-refractivity contribution in [3.8, 4) is 0 Å². The van der Waals surface area contributed by atoms with Gasteiger partial charge in [-0.05, 0) is 0 Å². The molecule has 11 nitrogen and oxygen atoms in total. The van der Waals surface area contributed by atoms with Crippen molar-refractivity contribution in [1.82, 2.24) is 19.5 Å². The summed E-state index contributed by atoms with van der Waals surface area (Å²) < 4.78 is 6.30. The highest BCUT2D eigenvalue weighted by Crippen LogP contribution is 2.42. The number of imidazole rings is 1. The van der Waals surface area contributed by atoms with Gasteiger partial charge in [0.15, 0.2) is 24.0 Å². The lowest BCUT2D eigenvalue weighted by molar-refractivity contribution is -0.186. The number of nitrogens with zero attached hydrogens (tertiary/aromatic N) is 4. The first-order valence-electron chi connectivity index (χ1n) is 6.51. The Morgan fingerprint density at radius 2 is 2.09 bits per heavy atom. The Morgan fingerprint density at radius 3 is 2.70 bits per heavy atom. The number of carbonyl (C=O) groups excluding carboxylic acids is 2. The molecule has 0 aliphatic carbocycles. The van der Waals surface area contributed by atoms with Gasteiger partial charge in [-0.1, -0.05) is 0 Å². The lowest BCUT2D eigenvalue weighted by Gasteiger charge is -2.34. The number of nitrogens with two attached hydrogens (primary N) is 1. The van der Waals surface area contributed by atoms with Gasteiger partial charge in [-0.15, -0.1) is 0 Å². The highest BCUT2D eigenvalue weighted by Gasteiger charge is 2.67. The summed E-state index contributed by atoms with van der Waals surface area (Å²) in [5.74, 6) is 0.0155. The van der Waals surface area contributed by atoms with E-state index in [0.717, 1.165) is 17.2 Å². The Labute approximate surface area is 128 Å². The van der Waals surface area contributed by atoms with Crippen LogP contribution >= 0.6 is 0 Å². The third-order valence-corrected chi connectivity index (χ3v) is 3.95. The first kappa shape index (κ1) is 15.4. The van der Waals surface area contributed by atoms with Crippen molar-refractivity contribution in [3.63, 3.8) is 0 Å². The quantitative estimate of drug-likeness (QED) is 0.423. The molecule has 1 aliphatic heterocycles. The van der Waals surface area contributed by atoms with E-state index in [0.29, 0.717) is 0 Å². The molecule has 11 heteroatoms. The van der Waals surface area contributed by atoms with Gasteiger partial charge >= 0.3 is 0 Å². The van der Waals surface area contributed by atoms with Gasteiger partial charge in [-0.3, -0.25) is 14.2 Å². The number of ether oxygens (including phenoxy) is 1. The zero-order valence-corrected chi connectivity index (χ0v) is 11.6. The van der Waals surface area contributed by atoms with Crippen molar-refractivity contribution in [2.45, 2.75) is 23.5 Å². The Morgan fingerprint density at radius 1 is 1.35 bits per heavy atom. The van der Waals surface area contributed by atoms with Crippen molar-refractivity contribution in [2.75, 3.05) is 12.3 Å². The number of aliphatic hydroxyl groups excluding tert-OH is 2. The first-order chi connectivity index (χ1) is 10.9. The van der Waals surface area contributed by atoms with Crippen LogP contribution in [0.5, 0.6) is 0 Å². The number of aromatic nitrogens is 4. The molecule has 2 aromatic heterocycles. The monoisotopic (exact) mass is 323 g/mol. The summed E-state index contributed by atoms with van der Waals surface area (Å²) in [5.41, 5.74) is 0.763. The van der Waals surface area contributed by atoms with E-state index in [1.165, 1.54) is 0 Å². The van der Waals surface area contributed by atoms with Crippen LogP contribution in [0, 0.1) is 0 Å². The predicted molar refractivity (Wildman–Crippen MR) is 72.8 cm³/mol. The second-order valence-corrected chi connectivity index (χ2v) is 5.09. The van der Waals surface area contributed by atoms with Crippen molar-refractivity contribution in [1.29, 1.82) is 0 Å². The summed E-state index contributed by atoms with van der Waals surface area (Å²) >= 11 is 0. The van der Waals surface area contributed by atoms with Crippen molar-refractivity contribution in [3.05, 3.63) is 12.7 Å². The summed E-state index contributed by atoms with van der Waals surface area (Å²) in [4.78, 5) is 34.8. The molecule has 23 heavy (non-hydrogen) atoms. The lowest BCUT2D eigenvalue weighted by atomic mass is 9.87. The van der Waals surface area contributed by atoms with E-state index < -0.39 is 30.1 Å². The molecule has 1 saturated heterocycles. The maximum atomic E-state index is 11.8. The fourth-order valence-electron chi connectivity index (χ4n) is 2.70. The molecule has 0 amide bonds. The van der Waals surface area contributed by atoms with E-state index >= 15 is 0 Å². The van der Waals surface area contributed by atoms with Crippen molar-refractivity contribution >= 4 is 29.6 Å². The number of nitrogen functional groups attached to an aromatic ring is 1. The molecule has 0 bridgehead atoms. The number of rotatable bonds is 4. The Balaban J connectivity index is 2.30. The van der Waals surface area contributed by atoms with E-state index in [4.69, 9.17) is 10.5 Å². The number of carbonyl (C=O) groups is 2. The topological polar surface area (TPSA) is 174 Å². The van der Waals surface area contributed by atoms with Crippen LogP contribution < -0.4 is 5.73 Å². The summed E-state index contributed by atoms with van der Waals surface area (Å²) in [6.45, 7) is -0.726. The molecule has 3 heterocycles. The molecule has 0 unspecified atom stereocenters. The minimum absolute atomic E-state index is 0.00987. The van der Waals surface area contributed by atoms with Gasteiger partial charge in [0.05, 0.1) is 6.61 Å². The van der Waals surface area contributed by atoms with Crippen molar-refractivity contribution < 1.29 is 29.6 Å². The summed E-state index contributed by atoms with van der Waals surface area (Å²) in [6.07, 6.45) is -0.912. The average Bonchev–Trinajstić information content (AvgIpc) is 3.09. The van der Waals surface area contributed by atoms with Gasteiger partial charge in [-0.25, -0.2) is 15.0 Å². The highest BCUT2D eigenvalue weighted by atomic mass is 16.6. The van der Waals surface area contributed by atoms with Gasteiger partial charge in [0.1, 0.15) is 30.4 Å². The van der Waals surface area contributed by atoms with Crippen LogP contribution in [0.4, 0.5) is 5.82 Å². The lowest BCUT2D eigenvalue weighted by Crippen LogP contribution is -2.59. The molecule has 122 valence electrons. The normalized spacial score (nSPS) is 33.9. The molecule has 0 saturated carbocycles. The maximum Gasteiger partial charge on any atom is 0.243 e. The molecule has 2 aromatic rings. The van der Waals surface area contributed by atoms with Crippen LogP contribution in [0.1, 0.15) is 0 Å². The van der Waals surface area contributed by atoms with E-state index in [1.54, 1.807) is 0 Å². The number of anilines is 1. The Kier molecular flexibility index (Phi) is 3.37. The van der Waals surface area contributed by atoms with Crippen LogP contribution in [0.2, 0.25) is 0 Å². The third-order valence-electron chi connectivity index (χ3n) is 3.95. The van der Waals surface area contributed by atoms with Crippen LogP contribution in [0.15, 0.2) is 12.7 Å². The number of fused-ring (bicyclic) bond motifs is 1. The molecule has 1 fully saturated rings. The molecule has 1 aliphatic rings. The predicted octanol–water partition coefficient (Wildman–Crippen LogP) is -3.06.